The normalized spacial score (nSPS) is 36.0. The molecule has 4 nitrogen and oxygen atoms in total. The highest BCUT2D eigenvalue weighted by Crippen LogP contribution is 2.39. The van der Waals surface area contributed by atoms with E-state index in [1.807, 2.05) is 6.92 Å². The van der Waals surface area contributed by atoms with E-state index < -0.39 is 0 Å². The molecule has 2 aliphatic rings. The molecule has 3 heterocycles. The predicted octanol–water partition coefficient (Wildman–Crippen LogP) is 1.38. The first-order chi connectivity index (χ1) is 7.24. The standard InChI is InChI=1S/C11H18N4/c1-8-7-15(13-12-8)11-5-9-3-4-10(6-11)14(9)2/h7,9-11H,3-6H2,1-2H3/t9-,10+,11?. The minimum Gasteiger partial charge on any atom is -0.300 e. The molecule has 4 heteroatoms. The molecule has 1 unspecified atom stereocenters. The summed E-state index contributed by atoms with van der Waals surface area (Å²) in [6.45, 7) is 2.01. The second-order valence-electron chi connectivity index (χ2n) is 5.02. The van der Waals surface area contributed by atoms with Gasteiger partial charge in [0.1, 0.15) is 0 Å². The van der Waals surface area contributed by atoms with Crippen LogP contribution in [0.4, 0.5) is 0 Å². The van der Waals surface area contributed by atoms with Crippen LogP contribution in [0, 0.1) is 6.92 Å². The van der Waals surface area contributed by atoms with Crippen molar-refractivity contribution in [2.75, 3.05) is 7.05 Å². The van der Waals surface area contributed by atoms with Gasteiger partial charge in [0.15, 0.2) is 0 Å². The van der Waals surface area contributed by atoms with Gasteiger partial charge in [0.05, 0.1) is 11.7 Å². The quantitative estimate of drug-likeness (QED) is 0.696. The molecule has 0 saturated carbocycles. The number of hydrogen-bond acceptors (Lipinski definition) is 3. The first-order valence-corrected chi connectivity index (χ1v) is 5.84. The molecule has 0 aliphatic carbocycles. The minimum atomic E-state index is 0.583. The van der Waals surface area contributed by atoms with Crippen LogP contribution < -0.4 is 0 Å². The first-order valence-electron chi connectivity index (χ1n) is 5.84. The van der Waals surface area contributed by atoms with Crippen LogP contribution in [0.25, 0.3) is 0 Å². The summed E-state index contributed by atoms with van der Waals surface area (Å²) in [4.78, 5) is 2.56. The third-order valence-corrected chi connectivity index (χ3v) is 4.07. The van der Waals surface area contributed by atoms with Crippen molar-refractivity contribution in [1.82, 2.24) is 19.9 Å². The summed E-state index contributed by atoms with van der Waals surface area (Å²) >= 11 is 0. The Hall–Kier alpha value is -0.900. The number of piperidine rings is 1. The van der Waals surface area contributed by atoms with Crippen molar-refractivity contribution in [3.05, 3.63) is 11.9 Å². The number of fused-ring (bicyclic) bond motifs is 2. The molecule has 0 spiro atoms. The van der Waals surface area contributed by atoms with Crippen LogP contribution in [0.15, 0.2) is 6.20 Å². The molecule has 0 amide bonds. The number of nitrogens with zero attached hydrogens (tertiary/aromatic N) is 4. The lowest BCUT2D eigenvalue weighted by Gasteiger charge is -2.36. The molecule has 1 aromatic heterocycles. The first kappa shape index (κ1) is 9.33. The van der Waals surface area contributed by atoms with E-state index >= 15 is 0 Å². The van der Waals surface area contributed by atoms with Crippen molar-refractivity contribution < 1.29 is 0 Å². The van der Waals surface area contributed by atoms with E-state index in [2.05, 4.69) is 33.1 Å². The van der Waals surface area contributed by atoms with Gasteiger partial charge in [-0.15, -0.1) is 5.10 Å². The van der Waals surface area contributed by atoms with Gasteiger partial charge in [-0.05, 0) is 39.7 Å². The molecule has 3 rings (SSSR count). The smallest absolute Gasteiger partial charge is 0.0796 e. The van der Waals surface area contributed by atoms with E-state index in [1.165, 1.54) is 25.7 Å². The summed E-state index contributed by atoms with van der Waals surface area (Å²) in [5.74, 6) is 0. The molecule has 0 aromatic carbocycles. The maximum Gasteiger partial charge on any atom is 0.0796 e. The Morgan fingerprint density at radius 3 is 2.40 bits per heavy atom. The van der Waals surface area contributed by atoms with Crippen LogP contribution in [0.3, 0.4) is 0 Å². The fraction of sp³-hybridized carbons (Fsp3) is 0.818. The van der Waals surface area contributed by atoms with Crippen molar-refractivity contribution in [2.24, 2.45) is 0 Å². The van der Waals surface area contributed by atoms with E-state index in [0.29, 0.717) is 6.04 Å². The van der Waals surface area contributed by atoms with E-state index in [-0.39, 0.29) is 0 Å². The van der Waals surface area contributed by atoms with Crippen molar-refractivity contribution in [2.45, 2.75) is 50.7 Å². The Balaban J connectivity index is 1.80. The summed E-state index contributed by atoms with van der Waals surface area (Å²) in [7, 11) is 2.27. The van der Waals surface area contributed by atoms with Crippen molar-refractivity contribution >= 4 is 0 Å². The molecule has 2 saturated heterocycles. The molecular formula is C11H18N4. The third-order valence-electron chi connectivity index (χ3n) is 4.07. The Kier molecular flexibility index (Phi) is 2.06. The molecular weight excluding hydrogens is 188 g/mol. The summed E-state index contributed by atoms with van der Waals surface area (Å²) in [6.07, 6.45) is 7.30. The van der Waals surface area contributed by atoms with Crippen molar-refractivity contribution in [1.29, 1.82) is 0 Å². The predicted molar refractivity (Wildman–Crippen MR) is 57.6 cm³/mol. The molecule has 2 aliphatic heterocycles. The Labute approximate surface area is 90.3 Å². The second kappa shape index (κ2) is 3.30. The molecule has 0 radical (unpaired) electrons. The van der Waals surface area contributed by atoms with E-state index in [1.54, 1.807) is 0 Å². The summed E-state index contributed by atoms with van der Waals surface area (Å²) in [5, 5.41) is 8.29. The number of aromatic nitrogens is 3. The molecule has 1 aromatic rings. The molecule has 82 valence electrons. The van der Waals surface area contributed by atoms with E-state index in [0.717, 1.165) is 17.8 Å². The third kappa shape index (κ3) is 1.47. The topological polar surface area (TPSA) is 34.0 Å². The van der Waals surface area contributed by atoms with Gasteiger partial charge in [-0.2, -0.15) is 0 Å². The summed E-state index contributed by atoms with van der Waals surface area (Å²) in [5.41, 5.74) is 1.03. The Bertz CT molecular complexity index is 345. The Morgan fingerprint density at radius 2 is 1.87 bits per heavy atom. The summed E-state index contributed by atoms with van der Waals surface area (Å²) < 4.78 is 2.08. The van der Waals surface area contributed by atoms with Crippen LogP contribution in [-0.2, 0) is 0 Å². The van der Waals surface area contributed by atoms with Gasteiger partial charge in [0.25, 0.3) is 0 Å². The number of hydrogen-bond donors (Lipinski definition) is 0. The number of aryl methyl sites for hydroxylation is 1. The highest BCUT2D eigenvalue weighted by atomic mass is 15.4. The maximum absolute atomic E-state index is 4.21. The molecule has 3 atom stereocenters. The summed E-state index contributed by atoms with van der Waals surface area (Å²) in [6, 6.07) is 2.14. The minimum absolute atomic E-state index is 0.583. The fourth-order valence-corrected chi connectivity index (χ4v) is 3.14. The fourth-order valence-electron chi connectivity index (χ4n) is 3.14. The lowest BCUT2D eigenvalue weighted by Crippen LogP contribution is -2.40. The van der Waals surface area contributed by atoms with Crippen LogP contribution in [0.1, 0.15) is 37.4 Å². The highest BCUT2D eigenvalue weighted by molar-refractivity contribution is 4.97. The van der Waals surface area contributed by atoms with Crippen LogP contribution in [0.2, 0.25) is 0 Å². The average molecular weight is 206 g/mol. The molecule has 2 fully saturated rings. The van der Waals surface area contributed by atoms with Gasteiger partial charge in [-0.1, -0.05) is 5.21 Å². The van der Waals surface area contributed by atoms with Gasteiger partial charge in [0.2, 0.25) is 0 Å². The monoisotopic (exact) mass is 206 g/mol. The highest BCUT2D eigenvalue weighted by Gasteiger charge is 2.39. The molecule has 0 N–H and O–H groups in total. The van der Waals surface area contributed by atoms with Crippen LogP contribution in [-0.4, -0.2) is 39.0 Å². The SMILES string of the molecule is Cc1cn(C2C[C@H]3CC[C@@H](C2)N3C)nn1. The van der Waals surface area contributed by atoms with Crippen LogP contribution >= 0.6 is 0 Å². The lowest BCUT2D eigenvalue weighted by atomic mass is 9.98. The van der Waals surface area contributed by atoms with E-state index in [4.69, 9.17) is 0 Å². The zero-order valence-corrected chi connectivity index (χ0v) is 9.43. The van der Waals surface area contributed by atoms with Gasteiger partial charge in [0, 0.05) is 18.3 Å². The van der Waals surface area contributed by atoms with Crippen molar-refractivity contribution in [3.8, 4) is 0 Å². The zero-order valence-electron chi connectivity index (χ0n) is 9.43. The van der Waals surface area contributed by atoms with Crippen molar-refractivity contribution in [3.63, 3.8) is 0 Å². The second-order valence-corrected chi connectivity index (χ2v) is 5.02. The molecule has 2 bridgehead atoms. The average Bonchev–Trinajstić information content (AvgIpc) is 2.70. The van der Waals surface area contributed by atoms with Gasteiger partial charge in [-0.25, -0.2) is 4.68 Å². The van der Waals surface area contributed by atoms with E-state index in [9.17, 15) is 0 Å². The van der Waals surface area contributed by atoms with Crippen LogP contribution in [0.5, 0.6) is 0 Å². The van der Waals surface area contributed by atoms with Gasteiger partial charge < -0.3 is 4.90 Å². The van der Waals surface area contributed by atoms with Gasteiger partial charge >= 0.3 is 0 Å². The number of rotatable bonds is 1. The molecule has 15 heavy (non-hydrogen) atoms. The lowest BCUT2D eigenvalue weighted by molar-refractivity contribution is 0.130. The van der Waals surface area contributed by atoms with Gasteiger partial charge in [-0.3, -0.25) is 0 Å². The maximum atomic E-state index is 4.21. The largest absolute Gasteiger partial charge is 0.300 e. The Morgan fingerprint density at radius 1 is 1.20 bits per heavy atom. The zero-order chi connectivity index (χ0) is 10.4.